The van der Waals surface area contributed by atoms with Crippen molar-refractivity contribution in [1.29, 1.82) is 0 Å². The standard InChI is InChI=1S/C8H15NO2/c1-6(2)9-7(3)4-11-5-8(9)10/h6-7H,4-5H2,1-3H3/t7-/m1/s1. The van der Waals surface area contributed by atoms with E-state index >= 15 is 0 Å². The van der Waals surface area contributed by atoms with E-state index in [2.05, 4.69) is 0 Å². The van der Waals surface area contributed by atoms with Crippen LogP contribution in [0.3, 0.4) is 0 Å². The van der Waals surface area contributed by atoms with Crippen molar-refractivity contribution in [2.75, 3.05) is 13.2 Å². The number of hydrogen-bond acceptors (Lipinski definition) is 2. The van der Waals surface area contributed by atoms with E-state index in [1.165, 1.54) is 0 Å². The van der Waals surface area contributed by atoms with Gasteiger partial charge in [0.05, 0.1) is 12.6 Å². The van der Waals surface area contributed by atoms with Crippen LogP contribution in [0.25, 0.3) is 0 Å². The Labute approximate surface area is 67.3 Å². The number of amides is 1. The van der Waals surface area contributed by atoms with Gasteiger partial charge in [-0.25, -0.2) is 0 Å². The number of carbonyl (C=O) groups is 1. The van der Waals surface area contributed by atoms with E-state index in [0.717, 1.165) is 0 Å². The Balaban J connectivity index is 2.63. The fourth-order valence-corrected chi connectivity index (χ4v) is 1.51. The lowest BCUT2D eigenvalue weighted by atomic mass is 10.2. The second-order valence-corrected chi connectivity index (χ2v) is 3.26. The van der Waals surface area contributed by atoms with Gasteiger partial charge in [0.15, 0.2) is 0 Å². The molecule has 1 heterocycles. The van der Waals surface area contributed by atoms with Crippen LogP contribution in [0.15, 0.2) is 0 Å². The van der Waals surface area contributed by atoms with Gasteiger partial charge in [0, 0.05) is 6.04 Å². The summed E-state index contributed by atoms with van der Waals surface area (Å²) in [5.74, 6) is 0.110. The molecule has 1 rings (SSSR count). The molecule has 1 aliphatic heterocycles. The van der Waals surface area contributed by atoms with Crippen LogP contribution in [-0.4, -0.2) is 36.1 Å². The van der Waals surface area contributed by atoms with Gasteiger partial charge in [-0.3, -0.25) is 4.79 Å². The Morgan fingerprint density at radius 3 is 2.64 bits per heavy atom. The Kier molecular flexibility index (Phi) is 2.49. The minimum Gasteiger partial charge on any atom is -0.370 e. The van der Waals surface area contributed by atoms with Crippen LogP contribution in [0.4, 0.5) is 0 Å². The van der Waals surface area contributed by atoms with Crippen molar-refractivity contribution in [3.63, 3.8) is 0 Å². The van der Waals surface area contributed by atoms with Crippen LogP contribution >= 0.6 is 0 Å². The predicted molar refractivity (Wildman–Crippen MR) is 42.3 cm³/mol. The summed E-state index contributed by atoms with van der Waals surface area (Å²) in [4.78, 5) is 13.1. The van der Waals surface area contributed by atoms with Gasteiger partial charge >= 0.3 is 0 Å². The minimum atomic E-state index is 0.110. The first-order valence-corrected chi connectivity index (χ1v) is 4.02. The van der Waals surface area contributed by atoms with Crippen molar-refractivity contribution >= 4 is 5.91 Å². The normalized spacial score (nSPS) is 26.4. The fourth-order valence-electron chi connectivity index (χ4n) is 1.51. The van der Waals surface area contributed by atoms with Gasteiger partial charge in [0.1, 0.15) is 6.61 Å². The Morgan fingerprint density at radius 1 is 1.64 bits per heavy atom. The third-order valence-corrected chi connectivity index (χ3v) is 1.90. The zero-order valence-corrected chi connectivity index (χ0v) is 7.33. The molecule has 3 nitrogen and oxygen atoms in total. The van der Waals surface area contributed by atoms with E-state index in [9.17, 15) is 4.79 Å². The SMILES string of the molecule is CC(C)N1C(=O)COC[C@H]1C. The third kappa shape index (κ3) is 1.71. The zero-order valence-electron chi connectivity index (χ0n) is 7.33. The molecule has 0 aliphatic carbocycles. The summed E-state index contributed by atoms with van der Waals surface area (Å²) in [5.41, 5.74) is 0. The van der Waals surface area contributed by atoms with E-state index in [1.54, 1.807) is 0 Å². The topological polar surface area (TPSA) is 29.5 Å². The maximum Gasteiger partial charge on any atom is 0.249 e. The Hall–Kier alpha value is -0.570. The lowest BCUT2D eigenvalue weighted by Crippen LogP contribution is -2.51. The number of rotatable bonds is 1. The largest absolute Gasteiger partial charge is 0.370 e. The molecule has 0 spiro atoms. The van der Waals surface area contributed by atoms with Crippen LogP contribution in [0.1, 0.15) is 20.8 Å². The van der Waals surface area contributed by atoms with E-state index in [1.807, 2.05) is 25.7 Å². The van der Waals surface area contributed by atoms with Crippen LogP contribution in [0.5, 0.6) is 0 Å². The number of hydrogen-bond donors (Lipinski definition) is 0. The number of carbonyl (C=O) groups excluding carboxylic acids is 1. The summed E-state index contributed by atoms with van der Waals surface area (Å²) in [6.45, 7) is 6.99. The highest BCUT2D eigenvalue weighted by atomic mass is 16.5. The Bertz CT molecular complexity index is 156. The summed E-state index contributed by atoms with van der Waals surface area (Å²) in [7, 11) is 0. The molecule has 0 aromatic rings. The molecule has 1 atom stereocenters. The van der Waals surface area contributed by atoms with Gasteiger partial charge in [0.2, 0.25) is 5.91 Å². The summed E-state index contributed by atoms with van der Waals surface area (Å²) in [6.07, 6.45) is 0. The number of nitrogens with zero attached hydrogens (tertiary/aromatic N) is 1. The summed E-state index contributed by atoms with van der Waals surface area (Å²) in [5, 5.41) is 0. The number of morpholine rings is 1. The van der Waals surface area contributed by atoms with Crippen LogP contribution < -0.4 is 0 Å². The van der Waals surface area contributed by atoms with Gasteiger partial charge in [-0.1, -0.05) is 0 Å². The molecule has 64 valence electrons. The first-order chi connectivity index (χ1) is 5.13. The highest BCUT2D eigenvalue weighted by Gasteiger charge is 2.26. The monoisotopic (exact) mass is 157 g/mol. The molecule has 3 heteroatoms. The second-order valence-electron chi connectivity index (χ2n) is 3.26. The smallest absolute Gasteiger partial charge is 0.249 e. The van der Waals surface area contributed by atoms with Crippen molar-refractivity contribution < 1.29 is 9.53 Å². The third-order valence-electron chi connectivity index (χ3n) is 1.90. The second kappa shape index (κ2) is 3.22. The van der Waals surface area contributed by atoms with E-state index in [4.69, 9.17) is 4.74 Å². The predicted octanol–water partition coefficient (Wildman–Crippen LogP) is 0.642. The Morgan fingerprint density at radius 2 is 2.27 bits per heavy atom. The molecule has 1 aliphatic rings. The molecular formula is C8H15NO2. The fraction of sp³-hybridized carbons (Fsp3) is 0.875. The lowest BCUT2D eigenvalue weighted by Gasteiger charge is -2.36. The van der Waals surface area contributed by atoms with Gasteiger partial charge in [-0.05, 0) is 20.8 Å². The molecule has 0 N–H and O–H groups in total. The summed E-state index contributed by atoms with van der Waals surface area (Å²) in [6, 6.07) is 0.526. The highest BCUT2D eigenvalue weighted by Crippen LogP contribution is 2.10. The molecule has 0 saturated carbocycles. The first-order valence-electron chi connectivity index (χ1n) is 4.02. The van der Waals surface area contributed by atoms with Crippen molar-refractivity contribution in [1.82, 2.24) is 4.90 Å². The average Bonchev–Trinajstić information content (AvgIpc) is 1.85. The van der Waals surface area contributed by atoms with E-state index in [-0.39, 0.29) is 18.6 Å². The van der Waals surface area contributed by atoms with Crippen molar-refractivity contribution in [2.45, 2.75) is 32.9 Å². The molecular weight excluding hydrogens is 142 g/mol. The van der Waals surface area contributed by atoms with Crippen molar-refractivity contribution in [3.05, 3.63) is 0 Å². The molecule has 0 aromatic heterocycles. The maximum absolute atomic E-state index is 11.2. The van der Waals surface area contributed by atoms with Crippen molar-refractivity contribution in [2.24, 2.45) is 0 Å². The lowest BCUT2D eigenvalue weighted by molar-refractivity contribution is -0.149. The van der Waals surface area contributed by atoms with Crippen molar-refractivity contribution in [3.8, 4) is 0 Å². The summed E-state index contributed by atoms with van der Waals surface area (Å²) < 4.78 is 5.08. The van der Waals surface area contributed by atoms with Crippen LogP contribution in [-0.2, 0) is 9.53 Å². The molecule has 1 saturated heterocycles. The van der Waals surface area contributed by atoms with Gasteiger partial charge in [-0.15, -0.1) is 0 Å². The molecule has 11 heavy (non-hydrogen) atoms. The van der Waals surface area contributed by atoms with E-state index in [0.29, 0.717) is 12.6 Å². The van der Waals surface area contributed by atoms with E-state index < -0.39 is 0 Å². The zero-order chi connectivity index (χ0) is 8.43. The molecule has 0 unspecified atom stereocenters. The highest BCUT2D eigenvalue weighted by molar-refractivity contribution is 5.78. The minimum absolute atomic E-state index is 0.110. The first kappa shape index (κ1) is 8.53. The summed E-state index contributed by atoms with van der Waals surface area (Å²) >= 11 is 0. The van der Waals surface area contributed by atoms with Gasteiger partial charge < -0.3 is 9.64 Å². The maximum atomic E-state index is 11.2. The van der Waals surface area contributed by atoms with Gasteiger partial charge in [0.25, 0.3) is 0 Å². The molecule has 1 amide bonds. The molecule has 1 fully saturated rings. The molecule has 0 aromatic carbocycles. The molecule has 0 bridgehead atoms. The quantitative estimate of drug-likeness (QED) is 0.559. The number of ether oxygens (including phenoxy) is 1. The van der Waals surface area contributed by atoms with Crippen LogP contribution in [0.2, 0.25) is 0 Å². The van der Waals surface area contributed by atoms with Crippen LogP contribution in [0, 0.1) is 0 Å². The van der Waals surface area contributed by atoms with Gasteiger partial charge in [-0.2, -0.15) is 0 Å². The average molecular weight is 157 g/mol. The molecule has 0 radical (unpaired) electrons.